The predicted molar refractivity (Wildman–Crippen MR) is 84.5 cm³/mol. The fraction of sp³-hybridized carbons (Fsp3) is 0.308. The van der Waals surface area contributed by atoms with Gasteiger partial charge in [0.05, 0.1) is 22.2 Å². The van der Waals surface area contributed by atoms with Crippen LogP contribution in [0.3, 0.4) is 0 Å². The summed E-state index contributed by atoms with van der Waals surface area (Å²) in [7, 11) is 0. The molecule has 2 aromatic rings. The second-order valence-corrected chi connectivity index (χ2v) is 5.92. The van der Waals surface area contributed by atoms with E-state index in [0.29, 0.717) is 21.3 Å². The Kier molecular flexibility index (Phi) is 4.51. The second-order valence-electron chi connectivity index (χ2n) is 5.14. The minimum atomic E-state index is -0.580. The number of nitrogen functional groups attached to an aromatic ring is 1. The Hall–Kier alpha value is -1.63. The molecule has 8 heteroatoms. The van der Waals surface area contributed by atoms with Gasteiger partial charge in [-0.3, -0.25) is 0 Å². The molecule has 4 N–H and O–H groups in total. The van der Waals surface area contributed by atoms with E-state index in [1.807, 2.05) is 0 Å². The van der Waals surface area contributed by atoms with Crippen LogP contribution >= 0.6 is 23.2 Å². The van der Waals surface area contributed by atoms with Crippen molar-refractivity contribution in [1.82, 2.24) is 15.2 Å². The predicted octanol–water partition coefficient (Wildman–Crippen LogP) is 2.61. The first kappa shape index (κ1) is 15.8. The summed E-state index contributed by atoms with van der Waals surface area (Å²) >= 11 is 12.1. The fourth-order valence-corrected chi connectivity index (χ4v) is 2.00. The summed E-state index contributed by atoms with van der Waals surface area (Å²) in [5, 5.41) is 20.9. The third-order valence-corrected chi connectivity index (χ3v) is 3.58. The second kappa shape index (κ2) is 6.01. The number of nitrogens with zero attached hydrogens (tertiary/aromatic N) is 3. The van der Waals surface area contributed by atoms with Crippen molar-refractivity contribution in [2.24, 2.45) is 0 Å². The normalized spacial score (nSPS) is 11.5. The van der Waals surface area contributed by atoms with Crippen LogP contribution in [0, 0.1) is 0 Å². The summed E-state index contributed by atoms with van der Waals surface area (Å²) in [5.74, 6) is 0.402. The Morgan fingerprint density at radius 3 is 2.62 bits per heavy atom. The molecule has 1 heterocycles. The number of halogens is 2. The lowest BCUT2D eigenvalue weighted by molar-refractivity contribution is 0.233. The van der Waals surface area contributed by atoms with Gasteiger partial charge in [0.2, 0.25) is 5.95 Å². The van der Waals surface area contributed by atoms with Crippen molar-refractivity contribution in [3.05, 3.63) is 28.2 Å². The zero-order chi connectivity index (χ0) is 15.6. The first-order valence-electron chi connectivity index (χ1n) is 6.17. The SMILES string of the molecule is CC(C)(CO)Nc1nnc(-c2cccc(Cl)c2Cl)c(N)n1. The van der Waals surface area contributed by atoms with E-state index in [9.17, 15) is 5.11 Å². The lowest BCUT2D eigenvalue weighted by Gasteiger charge is -2.23. The Morgan fingerprint density at radius 2 is 2.00 bits per heavy atom. The molecule has 0 aliphatic heterocycles. The van der Waals surface area contributed by atoms with Gasteiger partial charge >= 0.3 is 0 Å². The molecule has 6 nitrogen and oxygen atoms in total. The van der Waals surface area contributed by atoms with Gasteiger partial charge in [-0.25, -0.2) is 0 Å². The fourth-order valence-electron chi connectivity index (χ4n) is 1.61. The Bertz CT molecular complexity index is 663. The van der Waals surface area contributed by atoms with Gasteiger partial charge in [-0.1, -0.05) is 35.3 Å². The molecule has 0 aliphatic carbocycles. The topological polar surface area (TPSA) is 97.0 Å². The van der Waals surface area contributed by atoms with Crippen molar-refractivity contribution in [3.63, 3.8) is 0 Å². The highest BCUT2D eigenvalue weighted by Crippen LogP contribution is 2.34. The molecular formula is C13H15Cl2N5O. The number of anilines is 2. The van der Waals surface area contributed by atoms with Crippen LogP contribution < -0.4 is 11.1 Å². The van der Waals surface area contributed by atoms with Gasteiger partial charge in [0, 0.05) is 5.56 Å². The number of hydrogen-bond acceptors (Lipinski definition) is 6. The summed E-state index contributed by atoms with van der Waals surface area (Å²) in [4.78, 5) is 4.13. The van der Waals surface area contributed by atoms with Gasteiger partial charge < -0.3 is 16.2 Å². The molecule has 0 spiro atoms. The van der Waals surface area contributed by atoms with Gasteiger partial charge in [-0.05, 0) is 19.9 Å². The lowest BCUT2D eigenvalue weighted by atomic mass is 10.1. The van der Waals surface area contributed by atoms with Crippen molar-refractivity contribution in [1.29, 1.82) is 0 Å². The van der Waals surface area contributed by atoms with Crippen LogP contribution in [0.25, 0.3) is 11.3 Å². The van der Waals surface area contributed by atoms with Gasteiger partial charge in [0.1, 0.15) is 5.69 Å². The first-order valence-corrected chi connectivity index (χ1v) is 6.93. The van der Waals surface area contributed by atoms with E-state index >= 15 is 0 Å². The molecular weight excluding hydrogens is 313 g/mol. The van der Waals surface area contributed by atoms with Crippen molar-refractivity contribution in [3.8, 4) is 11.3 Å². The average Bonchev–Trinajstić information content (AvgIpc) is 2.42. The van der Waals surface area contributed by atoms with Crippen LogP contribution in [0.4, 0.5) is 11.8 Å². The van der Waals surface area contributed by atoms with Gasteiger partial charge in [0.15, 0.2) is 5.82 Å². The molecule has 0 bridgehead atoms. The molecule has 1 aromatic carbocycles. The van der Waals surface area contributed by atoms with E-state index < -0.39 is 5.54 Å². The summed E-state index contributed by atoms with van der Waals surface area (Å²) in [6.07, 6.45) is 0. The van der Waals surface area contributed by atoms with Gasteiger partial charge in [-0.2, -0.15) is 4.98 Å². The highest BCUT2D eigenvalue weighted by atomic mass is 35.5. The number of aromatic nitrogens is 3. The van der Waals surface area contributed by atoms with Crippen LogP contribution in [-0.2, 0) is 0 Å². The smallest absolute Gasteiger partial charge is 0.245 e. The van der Waals surface area contributed by atoms with Crippen molar-refractivity contribution >= 4 is 35.0 Å². The molecule has 0 saturated heterocycles. The molecule has 0 saturated carbocycles. The maximum Gasteiger partial charge on any atom is 0.245 e. The van der Waals surface area contributed by atoms with Crippen LogP contribution in [-0.4, -0.2) is 32.4 Å². The quantitative estimate of drug-likeness (QED) is 0.798. The third-order valence-electron chi connectivity index (χ3n) is 2.77. The molecule has 0 amide bonds. The first-order chi connectivity index (χ1) is 9.84. The molecule has 0 atom stereocenters. The highest BCUT2D eigenvalue weighted by Gasteiger charge is 2.19. The van der Waals surface area contributed by atoms with Crippen LogP contribution in [0.15, 0.2) is 18.2 Å². The lowest BCUT2D eigenvalue weighted by Crippen LogP contribution is -2.36. The standard InChI is InChI=1S/C13H15Cl2N5O/c1-13(2,6-21)18-12-17-11(16)10(19-20-12)7-4-3-5-8(14)9(7)15/h3-5,21H,6H2,1-2H3,(H3,16,17,18,20). The Balaban J connectivity index is 2.38. The number of nitrogens with one attached hydrogen (secondary N) is 1. The average molecular weight is 328 g/mol. The zero-order valence-electron chi connectivity index (χ0n) is 11.6. The zero-order valence-corrected chi connectivity index (χ0v) is 13.1. The highest BCUT2D eigenvalue weighted by molar-refractivity contribution is 6.43. The minimum absolute atomic E-state index is 0.0852. The summed E-state index contributed by atoms with van der Waals surface area (Å²) in [5.41, 5.74) is 6.26. The van der Waals surface area contributed by atoms with Gasteiger partial charge in [-0.15, -0.1) is 10.2 Å². The largest absolute Gasteiger partial charge is 0.394 e. The maximum atomic E-state index is 9.22. The number of aliphatic hydroxyl groups excluding tert-OH is 1. The van der Waals surface area contributed by atoms with E-state index in [-0.39, 0.29) is 18.4 Å². The van der Waals surface area contributed by atoms with Crippen LogP contribution in [0.5, 0.6) is 0 Å². The molecule has 1 aromatic heterocycles. The molecule has 0 fully saturated rings. The molecule has 2 rings (SSSR count). The monoisotopic (exact) mass is 327 g/mol. The molecule has 0 aliphatic rings. The van der Waals surface area contributed by atoms with E-state index in [4.69, 9.17) is 28.9 Å². The van der Waals surface area contributed by atoms with Crippen LogP contribution in [0.1, 0.15) is 13.8 Å². The summed E-state index contributed by atoms with van der Waals surface area (Å²) in [6.45, 7) is 3.51. The van der Waals surface area contributed by atoms with E-state index in [1.165, 1.54) is 0 Å². The van der Waals surface area contributed by atoms with Crippen molar-refractivity contribution in [2.45, 2.75) is 19.4 Å². The number of rotatable bonds is 4. The third kappa shape index (κ3) is 3.53. The van der Waals surface area contributed by atoms with Crippen molar-refractivity contribution < 1.29 is 5.11 Å². The Morgan fingerprint density at radius 1 is 1.29 bits per heavy atom. The molecule has 21 heavy (non-hydrogen) atoms. The molecule has 0 radical (unpaired) electrons. The number of hydrogen-bond donors (Lipinski definition) is 3. The number of benzene rings is 1. The molecule has 112 valence electrons. The van der Waals surface area contributed by atoms with Gasteiger partial charge in [0.25, 0.3) is 0 Å². The van der Waals surface area contributed by atoms with E-state index in [1.54, 1.807) is 32.0 Å². The van der Waals surface area contributed by atoms with Crippen LogP contribution in [0.2, 0.25) is 10.0 Å². The molecule has 0 unspecified atom stereocenters. The van der Waals surface area contributed by atoms with E-state index in [0.717, 1.165) is 0 Å². The number of nitrogens with two attached hydrogens (primary N) is 1. The Labute approximate surface area is 132 Å². The summed E-state index contributed by atoms with van der Waals surface area (Å²) in [6, 6.07) is 5.15. The van der Waals surface area contributed by atoms with E-state index in [2.05, 4.69) is 20.5 Å². The maximum absolute atomic E-state index is 9.22. The van der Waals surface area contributed by atoms with Crippen molar-refractivity contribution in [2.75, 3.05) is 17.7 Å². The number of aliphatic hydroxyl groups is 1. The minimum Gasteiger partial charge on any atom is -0.394 e. The summed E-state index contributed by atoms with van der Waals surface area (Å²) < 4.78 is 0.